The number of ether oxygens (including phenoxy) is 1. The number of methoxy groups -OCH3 is 1. The Kier molecular flexibility index (Phi) is 3.98. The first kappa shape index (κ1) is 14.5. The molecule has 0 saturated carbocycles. The summed E-state index contributed by atoms with van der Waals surface area (Å²) in [5.41, 5.74) is 0.354. The normalized spacial score (nSPS) is 11.8. The number of carbonyl (C=O) groups excluding carboxylic acids is 1. The van der Waals surface area contributed by atoms with Crippen LogP contribution in [0.4, 0.5) is 17.6 Å². The van der Waals surface area contributed by atoms with E-state index in [-0.39, 0.29) is 11.3 Å². The lowest BCUT2D eigenvalue weighted by molar-refractivity contribution is -0.0959. The highest BCUT2D eigenvalue weighted by Crippen LogP contribution is 2.33. The van der Waals surface area contributed by atoms with E-state index in [9.17, 15) is 22.4 Å². The zero-order valence-electron chi connectivity index (χ0n) is 10.1. The third kappa shape index (κ3) is 2.47. The maximum absolute atomic E-state index is 13.1. The summed E-state index contributed by atoms with van der Waals surface area (Å²) in [7, 11) is 1.19. The maximum atomic E-state index is 13.1. The summed E-state index contributed by atoms with van der Waals surface area (Å²) < 4.78 is 55.3. The number of Topliss-reactive ketones (excluding diaryl/α,β-unsaturated/α-hetero) is 1. The van der Waals surface area contributed by atoms with Gasteiger partial charge in [0.25, 0.3) is 0 Å². The van der Waals surface area contributed by atoms with Crippen LogP contribution in [0.2, 0.25) is 0 Å². The van der Waals surface area contributed by atoms with Crippen molar-refractivity contribution < 1.29 is 27.1 Å². The summed E-state index contributed by atoms with van der Waals surface area (Å²) in [6, 6.07) is 2.80. The number of hydrogen-bond donors (Lipinski definition) is 0. The first-order valence-electron chi connectivity index (χ1n) is 5.07. The summed E-state index contributed by atoms with van der Waals surface area (Å²) in [4.78, 5) is 11.5. The van der Waals surface area contributed by atoms with E-state index in [1.165, 1.54) is 26.2 Å². The molecule has 6 heteroatoms. The zero-order chi connectivity index (χ0) is 14.1. The second-order valence-electron chi connectivity index (χ2n) is 3.91. The SMILES string of the molecule is COc1cc(C)cc(C)c1C(=O)C(F)(F)C(F)F. The molecule has 0 aliphatic rings. The molecule has 0 atom stereocenters. The highest BCUT2D eigenvalue weighted by atomic mass is 19.3. The number of benzene rings is 1. The van der Waals surface area contributed by atoms with Crippen molar-refractivity contribution in [2.24, 2.45) is 0 Å². The smallest absolute Gasteiger partial charge is 0.369 e. The molecule has 1 rings (SSSR count). The van der Waals surface area contributed by atoms with Crippen LogP contribution in [-0.4, -0.2) is 25.2 Å². The van der Waals surface area contributed by atoms with E-state index in [1.54, 1.807) is 6.92 Å². The van der Waals surface area contributed by atoms with Crippen LogP contribution in [0.15, 0.2) is 12.1 Å². The molecule has 1 aromatic carbocycles. The van der Waals surface area contributed by atoms with Gasteiger partial charge in [0.2, 0.25) is 5.78 Å². The van der Waals surface area contributed by atoms with Gasteiger partial charge in [-0.1, -0.05) is 6.07 Å². The molecule has 0 amide bonds. The molecule has 0 fully saturated rings. The molecule has 18 heavy (non-hydrogen) atoms. The third-order valence-electron chi connectivity index (χ3n) is 2.47. The first-order chi connectivity index (χ1) is 8.21. The average Bonchev–Trinajstić information content (AvgIpc) is 2.26. The molecule has 0 saturated heterocycles. The summed E-state index contributed by atoms with van der Waals surface area (Å²) in [6.45, 7) is 3.07. The minimum atomic E-state index is -4.71. The Morgan fingerprint density at radius 2 is 1.83 bits per heavy atom. The van der Waals surface area contributed by atoms with Gasteiger partial charge in [0.1, 0.15) is 5.75 Å². The third-order valence-corrected chi connectivity index (χ3v) is 2.47. The van der Waals surface area contributed by atoms with Crippen molar-refractivity contribution in [2.45, 2.75) is 26.2 Å². The molecule has 0 radical (unpaired) electrons. The van der Waals surface area contributed by atoms with E-state index in [4.69, 9.17) is 4.74 Å². The molecule has 1 aromatic rings. The van der Waals surface area contributed by atoms with Crippen LogP contribution in [-0.2, 0) is 0 Å². The van der Waals surface area contributed by atoms with Crippen molar-refractivity contribution >= 4 is 5.78 Å². The molecule has 0 aliphatic heterocycles. The van der Waals surface area contributed by atoms with Gasteiger partial charge in [-0.3, -0.25) is 4.79 Å². The van der Waals surface area contributed by atoms with E-state index in [0.29, 0.717) is 5.56 Å². The van der Waals surface area contributed by atoms with Crippen LogP contribution < -0.4 is 4.74 Å². The van der Waals surface area contributed by atoms with Crippen LogP contribution in [0.3, 0.4) is 0 Å². The Labute approximate surface area is 102 Å². The number of alkyl halides is 4. The summed E-state index contributed by atoms with van der Waals surface area (Å²) in [5.74, 6) is -6.77. The van der Waals surface area contributed by atoms with E-state index >= 15 is 0 Å². The van der Waals surface area contributed by atoms with Crippen molar-refractivity contribution in [2.75, 3.05) is 7.11 Å². The Morgan fingerprint density at radius 3 is 2.28 bits per heavy atom. The van der Waals surface area contributed by atoms with Crippen LogP contribution in [0.25, 0.3) is 0 Å². The molecule has 0 N–H and O–H groups in total. The molecule has 0 aliphatic carbocycles. The van der Waals surface area contributed by atoms with Gasteiger partial charge < -0.3 is 4.74 Å². The van der Waals surface area contributed by atoms with Gasteiger partial charge in [0.05, 0.1) is 12.7 Å². The predicted molar refractivity (Wildman–Crippen MR) is 57.7 cm³/mol. The minimum absolute atomic E-state index is 0.127. The summed E-state index contributed by atoms with van der Waals surface area (Å²) in [5, 5.41) is 0. The molecule has 0 aromatic heterocycles. The van der Waals surface area contributed by atoms with Crippen LogP contribution >= 0.6 is 0 Å². The molecule has 100 valence electrons. The largest absolute Gasteiger partial charge is 0.496 e. The Hall–Kier alpha value is -1.59. The van der Waals surface area contributed by atoms with E-state index in [2.05, 4.69) is 0 Å². The highest BCUT2D eigenvalue weighted by molar-refractivity contribution is 6.05. The predicted octanol–water partition coefficient (Wildman–Crippen LogP) is 3.40. The van der Waals surface area contributed by atoms with Crippen molar-refractivity contribution in [3.8, 4) is 5.75 Å². The topological polar surface area (TPSA) is 26.3 Å². The monoisotopic (exact) mass is 264 g/mol. The van der Waals surface area contributed by atoms with Gasteiger partial charge >= 0.3 is 12.3 Å². The minimum Gasteiger partial charge on any atom is -0.496 e. The van der Waals surface area contributed by atoms with E-state index < -0.39 is 23.7 Å². The van der Waals surface area contributed by atoms with Crippen LogP contribution in [0.1, 0.15) is 21.5 Å². The van der Waals surface area contributed by atoms with Crippen molar-refractivity contribution in [1.82, 2.24) is 0 Å². The number of ketones is 1. The highest BCUT2D eigenvalue weighted by Gasteiger charge is 2.50. The second-order valence-corrected chi connectivity index (χ2v) is 3.91. The molecule has 2 nitrogen and oxygen atoms in total. The van der Waals surface area contributed by atoms with Gasteiger partial charge in [-0.2, -0.15) is 8.78 Å². The lowest BCUT2D eigenvalue weighted by Crippen LogP contribution is -2.37. The van der Waals surface area contributed by atoms with Crippen molar-refractivity contribution in [3.05, 3.63) is 28.8 Å². The summed E-state index contributed by atoms with van der Waals surface area (Å²) >= 11 is 0. The fourth-order valence-corrected chi connectivity index (χ4v) is 1.65. The average molecular weight is 264 g/mol. The van der Waals surface area contributed by atoms with Crippen LogP contribution in [0, 0.1) is 13.8 Å². The quantitative estimate of drug-likeness (QED) is 0.615. The van der Waals surface area contributed by atoms with E-state index in [0.717, 1.165) is 0 Å². The lowest BCUT2D eigenvalue weighted by Gasteiger charge is -2.17. The maximum Gasteiger partial charge on any atom is 0.369 e. The standard InChI is InChI=1S/C12H12F4O2/c1-6-4-7(2)9(8(5-6)18-3)10(17)12(15,16)11(13)14/h4-5,11H,1-3H3. The number of carbonyl (C=O) groups is 1. The molecule has 0 bridgehead atoms. The molecule has 0 spiro atoms. The first-order valence-corrected chi connectivity index (χ1v) is 5.07. The molecular formula is C12H12F4O2. The van der Waals surface area contributed by atoms with Gasteiger partial charge in [-0.25, -0.2) is 8.78 Å². The van der Waals surface area contributed by atoms with Crippen LogP contribution in [0.5, 0.6) is 5.75 Å². The van der Waals surface area contributed by atoms with E-state index in [1.807, 2.05) is 0 Å². The molecule has 0 unspecified atom stereocenters. The van der Waals surface area contributed by atoms with Gasteiger partial charge in [-0.05, 0) is 31.0 Å². The van der Waals surface area contributed by atoms with Crippen molar-refractivity contribution in [1.29, 1.82) is 0 Å². The Balaban J connectivity index is 3.38. The molecule has 0 heterocycles. The number of aryl methyl sites for hydroxylation is 2. The van der Waals surface area contributed by atoms with Gasteiger partial charge in [-0.15, -0.1) is 0 Å². The fraction of sp³-hybridized carbons (Fsp3) is 0.417. The molecular weight excluding hydrogens is 252 g/mol. The fourth-order valence-electron chi connectivity index (χ4n) is 1.65. The number of hydrogen-bond acceptors (Lipinski definition) is 2. The number of halogens is 4. The van der Waals surface area contributed by atoms with Gasteiger partial charge in [0.15, 0.2) is 0 Å². The zero-order valence-corrected chi connectivity index (χ0v) is 10.1. The lowest BCUT2D eigenvalue weighted by atomic mass is 9.97. The Morgan fingerprint density at radius 1 is 1.28 bits per heavy atom. The van der Waals surface area contributed by atoms with Gasteiger partial charge in [0, 0.05) is 0 Å². The summed E-state index contributed by atoms with van der Waals surface area (Å²) in [6.07, 6.45) is -4.05. The number of rotatable bonds is 4. The Bertz CT molecular complexity index is 469. The van der Waals surface area contributed by atoms with Crippen molar-refractivity contribution in [3.63, 3.8) is 0 Å². The second kappa shape index (κ2) is 4.96.